The van der Waals surface area contributed by atoms with Crippen LogP contribution in [-0.4, -0.2) is 19.1 Å². The maximum atomic E-state index is 11.9. The van der Waals surface area contributed by atoms with Crippen molar-refractivity contribution in [2.45, 2.75) is 32.6 Å². The van der Waals surface area contributed by atoms with Gasteiger partial charge in [0.05, 0.1) is 0 Å². The van der Waals surface area contributed by atoms with E-state index >= 15 is 0 Å². The maximum absolute atomic E-state index is 11.9. The van der Waals surface area contributed by atoms with Crippen LogP contribution < -0.4 is 11.2 Å². The number of aromatic amines is 1. The fourth-order valence-corrected chi connectivity index (χ4v) is 2.03. The minimum absolute atomic E-state index is 0.317. The van der Waals surface area contributed by atoms with Gasteiger partial charge in [0.25, 0.3) is 5.56 Å². The molecule has 98 valence electrons. The predicted molar refractivity (Wildman–Crippen MR) is 69.8 cm³/mol. The molecule has 2 aromatic rings. The minimum Gasteiger partial charge on any atom is -0.336 e. The van der Waals surface area contributed by atoms with E-state index in [1.807, 2.05) is 0 Å². The van der Waals surface area contributed by atoms with Crippen LogP contribution in [0.15, 0.2) is 9.59 Å². The van der Waals surface area contributed by atoms with Crippen LogP contribution in [0.4, 0.5) is 0 Å². The fourth-order valence-electron chi connectivity index (χ4n) is 2.03. The lowest BCUT2D eigenvalue weighted by Crippen LogP contribution is -2.36. The SMILES string of the molecule is CCCCCc1nc2c([nH]1)c(=O)n(C)c(=O)n2C. The second-order valence-electron chi connectivity index (χ2n) is 4.54. The first-order chi connectivity index (χ1) is 8.56. The highest BCUT2D eigenvalue weighted by molar-refractivity contribution is 5.69. The Hall–Kier alpha value is -1.85. The quantitative estimate of drug-likeness (QED) is 0.811. The number of fused-ring (bicyclic) bond motifs is 1. The standard InChI is InChI=1S/C12H18N4O2/c1-4-5-6-7-8-13-9-10(14-8)15(2)12(18)16(3)11(9)17/h4-7H2,1-3H3,(H,13,14). The van der Waals surface area contributed by atoms with Crippen molar-refractivity contribution >= 4 is 11.2 Å². The summed E-state index contributed by atoms with van der Waals surface area (Å²) in [6.45, 7) is 2.14. The molecule has 18 heavy (non-hydrogen) atoms. The van der Waals surface area contributed by atoms with Crippen LogP contribution in [0.2, 0.25) is 0 Å². The van der Waals surface area contributed by atoms with Crippen molar-refractivity contribution in [3.63, 3.8) is 0 Å². The number of imidazole rings is 1. The van der Waals surface area contributed by atoms with Crippen LogP contribution >= 0.6 is 0 Å². The molecule has 0 saturated heterocycles. The molecule has 0 spiro atoms. The molecule has 0 aliphatic carbocycles. The molecule has 6 heteroatoms. The Labute approximate surface area is 104 Å². The van der Waals surface area contributed by atoms with Crippen molar-refractivity contribution in [2.75, 3.05) is 0 Å². The summed E-state index contributed by atoms with van der Waals surface area (Å²) in [5, 5.41) is 0. The summed E-state index contributed by atoms with van der Waals surface area (Å²) < 4.78 is 2.49. The third-order valence-corrected chi connectivity index (χ3v) is 3.16. The van der Waals surface area contributed by atoms with Crippen molar-refractivity contribution in [1.29, 1.82) is 0 Å². The van der Waals surface area contributed by atoms with E-state index < -0.39 is 0 Å². The summed E-state index contributed by atoms with van der Waals surface area (Å²) in [6, 6.07) is 0. The number of H-pyrrole nitrogens is 1. The summed E-state index contributed by atoms with van der Waals surface area (Å²) in [5.41, 5.74) is 0.183. The number of rotatable bonds is 4. The van der Waals surface area contributed by atoms with Gasteiger partial charge in [-0.15, -0.1) is 0 Å². The third kappa shape index (κ3) is 1.98. The molecule has 6 nitrogen and oxygen atoms in total. The number of aromatic nitrogens is 4. The van der Waals surface area contributed by atoms with Gasteiger partial charge in [-0.1, -0.05) is 19.8 Å². The van der Waals surface area contributed by atoms with Crippen molar-refractivity contribution < 1.29 is 0 Å². The van der Waals surface area contributed by atoms with Crippen LogP contribution in [0.5, 0.6) is 0 Å². The van der Waals surface area contributed by atoms with Gasteiger partial charge in [-0.05, 0) is 6.42 Å². The van der Waals surface area contributed by atoms with Gasteiger partial charge in [-0.25, -0.2) is 9.78 Å². The molecule has 0 radical (unpaired) electrons. The summed E-state index contributed by atoms with van der Waals surface area (Å²) in [6.07, 6.45) is 4.11. The molecule has 2 heterocycles. The van der Waals surface area contributed by atoms with E-state index in [1.165, 1.54) is 11.6 Å². The molecule has 0 unspecified atom stereocenters. The zero-order chi connectivity index (χ0) is 13.3. The predicted octanol–water partition coefficient (Wildman–Crippen LogP) is 0.693. The first-order valence-electron chi connectivity index (χ1n) is 6.20. The third-order valence-electron chi connectivity index (χ3n) is 3.16. The zero-order valence-electron chi connectivity index (χ0n) is 11.0. The van der Waals surface area contributed by atoms with Gasteiger partial charge in [-0.3, -0.25) is 13.9 Å². The summed E-state index contributed by atoms with van der Waals surface area (Å²) in [5.74, 6) is 0.775. The van der Waals surface area contributed by atoms with Crippen molar-refractivity contribution in [3.05, 3.63) is 26.7 Å². The molecule has 0 aromatic carbocycles. The highest BCUT2D eigenvalue weighted by Crippen LogP contribution is 2.07. The normalized spacial score (nSPS) is 11.3. The lowest BCUT2D eigenvalue weighted by atomic mass is 10.2. The Morgan fingerprint density at radius 1 is 1.17 bits per heavy atom. The monoisotopic (exact) mass is 250 g/mol. The first kappa shape index (κ1) is 12.6. The van der Waals surface area contributed by atoms with Gasteiger partial charge in [-0.2, -0.15) is 0 Å². The van der Waals surface area contributed by atoms with Gasteiger partial charge in [0.2, 0.25) is 0 Å². The van der Waals surface area contributed by atoms with E-state index in [0.29, 0.717) is 11.2 Å². The largest absolute Gasteiger partial charge is 0.336 e. The Morgan fingerprint density at radius 2 is 1.89 bits per heavy atom. The second-order valence-corrected chi connectivity index (χ2v) is 4.54. The van der Waals surface area contributed by atoms with Crippen molar-refractivity contribution in [1.82, 2.24) is 19.1 Å². The molecule has 1 N–H and O–H groups in total. The van der Waals surface area contributed by atoms with Crippen LogP contribution in [0.25, 0.3) is 11.2 Å². The van der Waals surface area contributed by atoms with Crippen LogP contribution in [-0.2, 0) is 20.5 Å². The number of hydrogen-bond acceptors (Lipinski definition) is 3. The summed E-state index contributed by atoms with van der Waals surface area (Å²) in [7, 11) is 3.10. The number of nitrogens with one attached hydrogen (secondary N) is 1. The number of nitrogens with zero attached hydrogens (tertiary/aromatic N) is 3. The van der Waals surface area contributed by atoms with Crippen molar-refractivity contribution in [2.24, 2.45) is 14.1 Å². The lowest BCUT2D eigenvalue weighted by Gasteiger charge is -2.00. The fraction of sp³-hybridized carbons (Fsp3) is 0.583. The molecule has 2 rings (SSSR count). The molecule has 0 fully saturated rings. The number of unbranched alkanes of at least 4 members (excludes halogenated alkanes) is 2. The Balaban J connectivity index is 2.51. The lowest BCUT2D eigenvalue weighted by molar-refractivity contribution is 0.697. The van der Waals surface area contributed by atoms with E-state index in [-0.39, 0.29) is 11.2 Å². The summed E-state index contributed by atoms with van der Waals surface area (Å²) in [4.78, 5) is 31.0. The zero-order valence-corrected chi connectivity index (χ0v) is 11.0. The average molecular weight is 250 g/mol. The molecule has 0 aliphatic heterocycles. The molecule has 0 atom stereocenters. The van der Waals surface area contributed by atoms with Crippen molar-refractivity contribution in [3.8, 4) is 0 Å². The van der Waals surface area contributed by atoms with Gasteiger partial charge in [0.1, 0.15) is 11.3 Å². The molecular weight excluding hydrogens is 232 g/mol. The Bertz CT molecular complexity index is 678. The van der Waals surface area contributed by atoms with Gasteiger partial charge in [0.15, 0.2) is 5.65 Å². The van der Waals surface area contributed by atoms with Gasteiger partial charge >= 0.3 is 5.69 Å². The highest BCUT2D eigenvalue weighted by Gasteiger charge is 2.12. The molecule has 2 aromatic heterocycles. The van der Waals surface area contributed by atoms with Gasteiger partial charge in [0, 0.05) is 20.5 Å². The average Bonchev–Trinajstić information content (AvgIpc) is 2.78. The summed E-state index contributed by atoms with van der Waals surface area (Å²) >= 11 is 0. The minimum atomic E-state index is -0.348. The smallest absolute Gasteiger partial charge is 0.332 e. The van der Waals surface area contributed by atoms with E-state index in [2.05, 4.69) is 16.9 Å². The second kappa shape index (κ2) is 4.80. The molecule has 0 saturated carbocycles. The number of aryl methyl sites for hydroxylation is 2. The van der Waals surface area contributed by atoms with E-state index in [0.717, 1.165) is 36.1 Å². The molecule has 0 bridgehead atoms. The van der Waals surface area contributed by atoms with E-state index in [1.54, 1.807) is 7.05 Å². The molecular formula is C12H18N4O2. The molecule has 0 aliphatic rings. The van der Waals surface area contributed by atoms with Crippen LogP contribution in [0, 0.1) is 0 Å². The highest BCUT2D eigenvalue weighted by atomic mass is 16.2. The Kier molecular flexibility index (Phi) is 3.36. The van der Waals surface area contributed by atoms with E-state index in [9.17, 15) is 9.59 Å². The maximum Gasteiger partial charge on any atom is 0.332 e. The Morgan fingerprint density at radius 3 is 2.56 bits per heavy atom. The van der Waals surface area contributed by atoms with Crippen LogP contribution in [0.3, 0.4) is 0 Å². The first-order valence-corrected chi connectivity index (χ1v) is 6.20. The molecule has 0 amide bonds. The van der Waals surface area contributed by atoms with Gasteiger partial charge < -0.3 is 4.98 Å². The van der Waals surface area contributed by atoms with Crippen LogP contribution in [0.1, 0.15) is 32.0 Å². The van der Waals surface area contributed by atoms with E-state index in [4.69, 9.17) is 0 Å². The number of hydrogen-bond donors (Lipinski definition) is 1. The topological polar surface area (TPSA) is 72.7 Å².